The maximum Gasteiger partial charge on any atom is 0.0948 e. The second-order valence-electron chi connectivity index (χ2n) is 5.95. The van der Waals surface area contributed by atoms with E-state index in [1.807, 2.05) is 12.5 Å². The van der Waals surface area contributed by atoms with Crippen molar-refractivity contribution >= 4 is 0 Å². The van der Waals surface area contributed by atoms with Crippen molar-refractivity contribution in [2.24, 2.45) is 11.7 Å². The molecule has 1 aromatic rings. The fourth-order valence-electron chi connectivity index (χ4n) is 3.39. The zero-order valence-corrected chi connectivity index (χ0v) is 12.5. The van der Waals surface area contributed by atoms with E-state index in [1.165, 1.54) is 31.4 Å². The summed E-state index contributed by atoms with van der Waals surface area (Å²) in [4.78, 5) is 6.77. The van der Waals surface area contributed by atoms with Gasteiger partial charge in [-0.05, 0) is 32.7 Å². The minimum absolute atomic E-state index is 0.290. The number of hydrogen-bond acceptors (Lipinski definition) is 3. The Balaban J connectivity index is 2.12. The van der Waals surface area contributed by atoms with Gasteiger partial charge >= 0.3 is 0 Å². The molecule has 19 heavy (non-hydrogen) atoms. The van der Waals surface area contributed by atoms with Crippen LogP contribution >= 0.6 is 0 Å². The van der Waals surface area contributed by atoms with Gasteiger partial charge in [0.15, 0.2) is 0 Å². The molecule has 1 saturated carbocycles. The lowest BCUT2D eigenvalue weighted by Gasteiger charge is -2.38. The van der Waals surface area contributed by atoms with Gasteiger partial charge in [-0.25, -0.2) is 4.98 Å². The smallest absolute Gasteiger partial charge is 0.0948 e. The third kappa shape index (κ3) is 3.18. The highest BCUT2D eigenvalue weighted by atomic mass is 15.2. The normalized spacial score (nSPS) is 25.7. The fourth-order valence-corrected chi connectivity index (χ4v) is 3.39. The summed E-state index contributed by atoms with van der Waals surface area (Å²) in [5, 5.41) is 0. The average Bonchev–Trinajstić information content (AvgIpc) is 2.88. The lowest BCUT2D eigenvalue weighted by molar-refractivity contribution is 0.117. The monoisotopic (exact) mass is 264 g/mol. The van der Waals surface area contributed by atoms with Crippen LogP contribution in [0.15, 0.2) is 12.5 Å². The van der Waals surface area contributed by atoms with Crippen molar-refractivity contribution in [3.05, 3.63) is 18.2 Å². The number of likely N-dealkylation sites (N-methyl/N-ethyl adjacent to an activating group) is 1. The van der Waals surface area contributed by atoms with E-state index in [4.69, 9.17) is 5.73 Å². The van der Waals surface area contributed by atoms with Crippen LogP contribution in [0.2, 0.25) is 0 Å². The summed E-state index contributed by atoms with van der Waals surface area (Å²) < 4.78 is 2.21. The molecule has 1 heterocycles. The number of nitrogens with two attached hydrogens (primary N) is 1. The number of aryl methyl sites for hydroxylation is 1. The van der Waals surface area contributed by atoms with Gasteiger partial charge < -0.3 is 10.3 Å². The number of rotatable bonds is 5. The van der Waals surface area contributed by atoms with Crippen molar-refractivity contribution in [3.63, 3.8) is 0 Å². The topological polar surface area (TPSA) is 47.1 Å². The first kappa shape index (κ1) is 14.5. The van der Waals surface area contributed by atoms with Crippen molar-refractivity contribution in [2.75, 3.05) is 13.6 Å². The molecule has 2 N–H and O–H groups in total. The summed E-state index contributed by atoms with van der Waals surface area (Å²) in [5.74, 6) is 0.843. The maximum atomic E-state index is 6.05. The van der Waals surface area contributed by atoms with Crippen molar-refractivity contribution < 1.29 is 0 Å². The molecule has 108 valence electrons. The highest BCUT2D eigenvalue weighted by Crippen LogP contribution is 2.31. The van der Waals surface area contributed by atoms with E-state index in [0.29, 0.717) is 12.6 Å². The van der Waals surface area contributed by atoms with Crippen molar-refractivity contribution in [2.45, 2.75) is 58.2 Å². The SMILES string of the molecule is CCn1cncc1C(CN)N(C)C1CCCC(C)C1. The van der Waals surface area contributed by atoms with E-state index in [0.717, 1.165) is 12.5 Å². The van der Waals surface area contributed by atoms with E-state index in [-0.39, 0.29) is 6.04 Å². The van der Waals surface area contributed by atoms with Gasteiger partial charge in [0.1, 0.15) is 0 Å². The van der Waals surface area contributed by atoms with Gasteiger partial charge in [-0.15, -0.1) is 0 Å². The van der Waals surface area contributed by atoms with Crippen LogP contribution in [0.1, 0.15) is 51.3 Å². The Hall–Kier alpha value is -0.870. The Kier molecular flexibility index (Phi) is 4.99. The molecule has 1 aliphatic carbocycles. The second-order valence-corrected chi connectivity index (χ2v) is 5.95. The van der Waals surface area contributed by atoms with Gasteiger partial charge in [-0.1, -0.05) is 19.8 Å². The van der Waals surface area contributed by atoms with Crippen LogP contribution in [0, 0.1) is 5.92 Å². The first-order chi connectivity index (χ1) is 9.17. The van der Waals surface area contributed by atoms with Gasteiger partial charge in [0.25, 0.3) is 0 Å². The van der Waals surface area contributed by atoms with Gasteiger partial charge in [-0.3, -0.25) is 4.90 Å². The Morgan fingerprint density at radius 1 is 1.53 bits per heavy atom. The number of aromatic nitrogens is 2. The van der Waals surface area contributed by atoms with E-state index in [2.05, 4.69) is 35.3 Å². The van der Waals surface area contributed by atoms with E-state index in [1.54, 1.807) is 0 Å². The highest BCUT2D eigenvalue weighted by Gasteiger charge is 2.28. The standard InChI is InChI=1S/C15H28N4/c1-4-19-11-17-10-15(19)14(9-16)18(3)13-7-5-6-12(2)8-13/h10-14H,4-9,16H2,1-3H3. The Bertz CT molecular complexity index is 387. The predicted octanol–water partition coefficient (Wildman–Crippen LogP) is 2.41. The first-order valence-corrected chi connectivity index (χ1v) is 7.59. The Morgan fingerprint density at radius 3 is 2.95 bits per heavy atom. The average molecular weight is 264 g/mol. The number of nitrogens with zero attached hydrogens (tertiary/aromatic N) is 3. The summed E-state index contributed by atoms with van der Waals surface area (Å²) in [5.41, 5.74) is 7.30. The van der Waals surface area contributed by atoms with Gasteiger partial charge in [0.05, 0.1) is 18.1 Å². The Labute approximate surface area is 117 Å². The van der Waals surface area contributed by atoms with Crippen LogP contribution in [0.4, 0.5) is 0 Å². The molecular formula is C15H28N4. The van der Waals surface area contributed by atoms with E-state index in [9.17, 15) is 0 Å². The van der Waals surface area contributed by atoms with E-state index < -0.39 is 0 Å². The van der Waals surface area contributed by atoms with Crippen molar-refractivity contribution in [1.29, 1.82) is 0 Å². The van der Waals surface area contributed by atoms with Crippen LogP contribution in [0.25, 0.3) is 0 Å². The van der Waals surface area contributed by atoms with Crippen molar-refractivity contribution in [3.8, 4) is 0 Å². The molecule has 0 spiro atoms. The van der Waals surface area contributed by atoms with Crippen LogP contribution in [0.5, 0.6) is 0 Å². The maximum absolute atomic E-state index is 6.05. The fraction of sp³-hybridized carbons (Fsp3) is 0.800. The molecule has 1 fully saturated rings. The number of hydrogen-bond donors (Lipinski definition) is 1. The van der Waals surface area contributed by atoms with Gasteiger partial charge in [0, 0.05) is 25.3 Å². The molecule has 0 aromatic carbocycles. The molecule has 3 unspecified atom stereocenters. The quantitative estimate of drug-likeness (QED) is 0.888. The molecule has 4 heteroatoms. The third-order valence-electron chi connectivity index (χ3n) is 4.63. The Morgan fingerprint density at radius 2 is 2.32 bits per heavy atom. The first-order valence-electron chi connectivity index (χ1n) is 7.59. The van der Waals surface area contributed by atoms with Crippen LogP contribution < -0.4 is 5.73 Å². The molecule has 2 rings (SSSR count). The summed E-state index contributed by atoms with van der Waals surface area (Å²) in [6, 6.07) is 0.954. The van der Waals surface area contributed by atoms with Gasteiger partial charge in [-0.2, -0.15) is 0 Å². The molecule has 0 saturated heterocycles. The van der Waals surface area contributed by atoms with E-state index >= 15 is 0 Å². The second kappa shape index (κ2) is 6.53. The zero-order valence-electron chi connectivity index (χ0n) is 12.5. The third-order valence-corrected chi connectivity index (χ3v) is 4.63. The summed E-state index contributed by atoms with van der Waals surface area (Å²) in [7, 11) is 2.23. The molecule has 4 nitrogen and oxygen atoms in total. The molecule has 0 aliphatic heterocycles. The molecule has 1 aliphatic rings. The zero-order chi connectivity index (χ0) is 13.8. The minimum Gasteiger partial charge on any atom is -0.333 e. The predicted molar refractivity (Wildman–Crippen MR) is 78.9 cm³/mol. The highest BCUT2D eigenvalue weighted by molar-refractivity contribution is 5.07. The molecule has 1 aromatic heterocycles. The van der Waals surface area contributed by atoms with Crippen LogP contribution in [-0.2, 0) is 6.54 Å². The summed E-state index contributed by atoms with van der Waals surface area (Å²) in [6.45, 7) is 6.14. The summed E-state index contributed by atoms with van der Waals surface area (Å²) in [6.07, 6.45) is 9.22. The van der Waals surface area contributed by atoms with Crippen LogP contribution in [-0.4, -0.2) is 34.1 Å². The molecule has 0 bridgehead atoms. The molecule has 0 amide bonds. The molecular weight excluding hydrogens is 236 g/mol. The summed E-state index contributed by atoms with van der Waals surface area (Å²) >= 11 is 0. The lowest BCUT2D eigenvalue weighted by Crippen LogP contribution is -2.41. The minimum atomic E-state index is 0.290. The van der Waals surface area contributed by atoms with Crippen molar-refractivity contribution in [1.82, 2.24) is 14.5 Å². The molecule has 3 atom stereocenters. The van der Waals surface area contributed by atoms with Crippen LogP contribution in [0.3, 0.4) is 0 Å². The lowest BCUT2D eigenvalue weighted by atomic mass is 9.85. The number of imidazole rings is 1. The molecule has 0 radical (unpaired) electrons. The van der Waals surface area contributed by atoms with Gasteiger partial charge in [0.2, 0.25) is 0 Å². The largest absolute Gasteiger partial charge is 0.333 e.